The van der Waals surface area contributed by atoms with Gasteiger partial charge in [0.2, 0.25) is 5.75 Å². The van der Waals surface area contributed by atoms with E-state index >= 15 is 0 Å². The van der Waals surface area contributed by atoms with Gasteiger partial charge in [-0.1, -0.05) is 18.2 Å². The van der Waals surface area contributed by atoms with Crippen LogP contribution in [0.2, 0.25) is 0 Å². The number of aromatic hydroxyl groups is 3. The molecule has 0 spiro atoms. The van der Waals surface area contributed by atoms with E-state index in [1.807, 2.05) is 0 Å². The van der Waals surface area contributed by atoms with E-state index in [-0.39, 0.29) is 34.0 Å². The fourth-order valence-electron chi connectivity index (χ4n) is 2.50. The standard InChI is InChI=1S/C18H16O8S/c1-24-10-25-15-9-8-11-12(17(15)21)4-2-7-16(11)27(22,23)26-18-13(19)5-3-6-14(18)20/h2-9,19-21H,10H2,1H3. The van der Waals surface area contributed by atoms with Gasteiger partial charge in [-0.2, -0.15) is 8.42 Å². The summed E-state index contributed by atoms with van der Waals surface area (Å²) in [6.07, 6.45) is 0. The van der Waals surface area contributed by atoms with E-state index in [0.29, 0.717) is 0 Å². The van der Waals surface area contributed by atoms with Gasteiger partial charge in [0.25, 0.3) is 0 Å². The second-order valence-corrected chi connectivity index (χ2v) is 6.99. The molecular formula is C18H16O8S. The van der Waals surface area contributed by atoms with Gasteiger partial charge in [-0.05, 0) is 30.3 Å². The lowest BCUT2D eigenvalue weighted by Gasteiger charge is -2.13. The second kappa shape index (κ2) is 7.22. The van der Waals surface area contributed by atoms with Crippen LogP contribution in [0.1, 0.15) is 0 Å². The third-order valence-corrected chi connectivity index (χ3v) is 5.00. The Labute approximate surface area is 154 Å². The van der Waals surface area contributed by atoms with Crippen molar-refractivity contribution in [3.8, 4) is 28.7 Å². The van der Waals surface area contributed by atoms with Gasteiger partial charge < -0.3 is 29.0 Å². The van der Waals surface area contributed by atoms with Gasteiger partial charge in [0.15, 0.2) is 29.8 Å². The molecule has 0 amide bonds. The first kappa shape index (κ1) is 18.6. The molecule has 0 saturated heterocycles. The van der Waals surface area contributed by atoms with Gasteiger partial charge in [0.1, 0.15) is 4.90 Å². The van der Waals surface area contributed by atoms with Crippen LogP contribution in [0, 0.1) is 0 Å². The van der Waals surface area contributed by atoms with Gasteiger partial charge in [-0.25, -0.2) is 0 Å². The number of hydrogen-bond acceptors (Lipinski definition) is 8. The number of hydrogen-bond donors (Lipinski definition) is 3. The number of phenolic OH excluding ortho intramolecular Hbond substituents is 3. The number of para-hydroxylation sites is 1. The number of benzene rings is 3. The molecule has 27 heavy (non-hydrogen) atoms. The van der Waals surface area contributed by atoms with Crippen molar-refractivity contribution in [2.75, 3.05) is 13.9 Å². The van der Waals surface area contributed by atoms with Crippen molar-refractivity contribution in [2.24, 2.45) is 0 Å². The van der Waals surface area contributed by atoms with Crippen molar-refractivity contribution in [2.45, 2.75) is 4.90 Å². The van der Waals surface area contributed by atoms with Crippen LogP contribution in [-0.4, -0.2) is 37.6 Å². The lowest BCUT2D eigenvalue weighted by Crippen LogP contribution is -2.10. The Hall–Kier alpha value is -3.17. The van der Waals surface area contributed by atoms with Crippen LogP contribution in [0.5, 0.6) is 28.7 Å². The number of ether oxygens (including phenoxy) is 2. The van der Waals surface area contributed by atoms with Crippen molar-refractivity contribution in [3.63, 3.8) is 0 Å². The Balaban J connectivity index is 2.09. The molecule has 3 rings (SSSR count). The lowest BCUT2D eigenvalue weighted by molar-refractivity contribution is 0.0494. The van der Waals surface area contributed by atoms with E-state index in [2.05, 4.69) is 0 Å². The lowest BCUT2D eigenvalue weighted by atomic mass is 10.1. The highest BCUT2D eigenvalue weighted by Gasteiger charge is 2.24. The summed E-state index contributed by atoms with van der Waals surface area (Å²) >= 11 is 0. The normalized spacial score (nSPS) is 11.4. The number of fused-ring (bicyclic) bond motifs is 1. The Morgan fingerprint density at radius 1 is 0.889 bits per heavy atom. The van der Waals surface area contributed by atoms with Gasteiger partial charge in [-0.3, -0.25) is 0 Å². The highest BCUT2D eigenvalue weighted by Crippen LogP contribution is 2.40. The van der Waals surface area contributed by atoms with E-state index in [0.717, 1.165) is 0 Å². The zero-order chi connectivity index (χ0) is 19.6. The molecule has 3 aromatic carbocycles. The Kier molecular flexibility index (Phi) is 4.98. The largest absolute Gasteiger partial charge is 0.504 e. The first-order valence-corrected chi connectivity index (χ1v) is 9.08. The summed E-state index contributed by atoms with van der Waals surface area (Å²) in [6.45, 7) is -0.0905. The second-order valence-electron chi connectivity index (χ2n) is 5.48. The molecule has 0 bridgehead atoms. The van der Waals surface area contributed by atoms with Crippen LogP contribution in [0.4, 0.5) is 0 Å². The summed E-state index contributed by atoms with van der Waals surface area (Å²) in [4.78, 5) is -0.253. The minimum atomic E-state index is -4.43. The van der Waals surface area contributed by atoms with Crippen molar-refractivity contribution >= 4 is 20.9 Å². The van der Waals surface area contributed by atoms with Crippen molar-refractivity contribution in [1.29, 1.82) is 0 Å². The van der Waals surface area contributed by atoms with Crippen LogP contribution >= 0.6 is 0 Å². The maximum Gasteiger partial charge on any atom is 0.340 e. The van der Waals surface area contributed by atoms with Crippen molar-refractivity contribution in [3.05, 3.63) is 48.5 Å². The molecule has 0 fully saturated rings. The molecule has 0 aromatic heterocycles. The summed E-state index contributed by atoms with van der Waals surface area (Å²) in [5, 5.41) is 30.3. The summed E-state index contributed by atoms with van der Waals surface area (Å²) < 4.78 is 40.4. The molecule has 8 nitrogen and oxygen atoms in total. The highest BCUT2D eigenvalue weighted by molar-refractivity contribution is 7.87. The van der Waals surface area contributed by atoms with Gasteiger partial charge in [0.05, 0.1) is 0 Å². The van der Waals surface area contributed by atoms with Crippen LogP contribution in [0.15, 0.2) is 53.4 Å². The van der Waals surface area contributed by atoms with E-state index in [9.17, 15) is 23.7 Å². The fourth-order valence-corrected chi connectivity index (χ4v) is 3.68. The molecule has 0 radical (unpaired) electrons. The minimum absolute atomic E-state index is 0.0905. The minimum Gasteiger partial charge on any atom is -0.504 e. The van der Waals surface area contributed by atoms with E-state index in [1.165, 1.54) is 55.6 Å². The first-order valence-electron chi connectivity index (χ1n) is 7.67. The molecule has 3 N–H and O–H groups in total. The molecule has 0 heterocycles. The molecule has 9 heteroatoms. The third kappa shape index (κ3) is 3.55. The van der Waals surface area contributed by atoms with Crippen LogP contribution in [-0.2, 0) is 14.9 Å². The molecule has 0 aliphatic carbocycles. The Morgan fingerprint density at radius 3 is 2.22 bits per heavy atom. The van der Waals surface area contributed by atoms with E-state index in [4.69, 9.17) is 13.7 Å². The zero-order valence-electron chi connectivity index (χ0n) is 14.1. The van der Waals surface area contributed by atoms with Crippen LogP contribution in [0.3, 0.4) is 0 Å². The summed E-state index contributed by atoms with van der Waals surface area (Å²) in [6, 6.07) is 10.8. The molecule has 0 aliphatic heterocycles. The predicted octanol–water partition coefficient (Wildman–Crippen LogP) is 2.71. The topological polar surface area (TPSA) is 123 Å². The quantitative estimate of drug-likeness (QED) is 0.432. The molecule has 0 unspecified atom stereocenters. The van der Waals surface area contributed by atoms with Crippen molar-refractivity contribution in [1.82, 2.24) is 0 Å². The SMILES string of the molecule is COCOc1ccc2c(S(=O)(=O)Oc3c(O)cccc3O)cccc2c1O. The van der Waals surface area contributed by atoms with E-state index in [1.54, 1.807) is 0 Å². The Bertz CT molecular complexity index is 1070. The first-order chi connectivity index (χ1) is 12.8. The molecule has 0 aliphatic rings. The third-order valence-electron chi connectivity index (χ3n) is 3.72. The summed E-state index contributed by atoms with van der Waals surface area (Å²) in [5.74, 6) is -1.78. The molecule has 3 aromatic rings. The van der Waals surface area contributed by atoms with Gasteiger partial charge >= 0.3 is 10.1 Å². The maximum atomic E-state index is 12.7. The van der Waals surface area contributed by atoms with Crippen LogP contribution in [0.25, 0.3) is 10.8 Å². The number of rotatable bonds is 6. The zero-order valence-corrected chi connectivity index (χ0v) is 14.9. The smallest absolute Gasteiger partial charge is 0.340 e. The maximum absolute atomic E-state index is 12.7. The monoisotopic (exact) mass is 392 g/mol. The molecule has 0 atom stereocenters. The average molecular weight is 392 g/mol. The summed E-state index contributed by atoms with van der Waals surface area (Å²) in [7, 11) is -3.00. The highest BCUT2D eigenvalue weighted by atomic mass is 32.2. The fraction of sp³-hybridized carbons (Fsp3) is 0.111. The predicted molar refractivity (Wildman–Crippen MR) is 95.7 cm³/mol. The average Bonchev–Trinajstić information content (AvgIpc) is 2.64. The molecule has 0 saturated carbocycles. The molecular weight excluding hydrogens is 376 g/mol. The van der Waals surface area contributed by atoms with Gasteiger partial charge in [0, 0.05) is 17.9 Å². The Morgan fingerprint density at radius 2 is 1.56 bits per heavy atom. The van der Waals surface area contributed by atoms with Crippen LogP contribution < -0.4 is 8.92 Å². The van der Waals surface area contributed by atoms with Gasteiger partial charge in [-0.15, -0.1) is 0 Å². The van der Waals surface area contributed by atoms with Crippen molar-refractivity contribution < 1.29 is 37.4 Å². The molecule has 142 valence electrons. The van der Waals surface area contributed by atoms with E-state index < -0.39 is 27.4 Å². The number of methoxy groups -OCH3 is 1. The summed E-state index contributed by atoms with van der Waals surface area (Å²) in [5.41, 5.74) is 0. The number of phenols is 3.